The second kappa shape index (κ2) is 6.89. The molecule has 0 aliphatic heterocycles. The largest absolute Gasteiger partial charge is 0.484 e. The number of benzene rings is 1. The first-order valence-electron chi connectivity index (χ1n) is 6.01. The molecule has 0 radical (unpaired) electrons. The van der Waals surface area contributed by atoms with Crippen LogP contribution in [0.15, 0.2) is 24.3 Å². The van der Waals surface area contributed by atoms with Crippen LogP contribution in [0.2, 0.25) is 0 Å². The number of para-hydroxylation sites is 1. The Balaban J connectivity index is 2.68. The fourth-order valence-corrected chi connectivity index (χ4v) is 1.33. The number of hydrogen-bond acceptors (Lipinski definition) is 3. The van der Waals surface area contributed by atoms with Crippen LogP contribution in [0.4, 0.5) is 26.3 Å². The van der Waals surface area contributed by atoms with E-state index in [1.54, 1.807) is 0 Å². The Bertz CT molecular complexity index is 509. The van der Waals surface area contributed by atoms with Crippen molar-refractivity contribution in [3.05, 3.63) is 29.8 Å². The highest BCUT2D eigenvalue weighted by atomic mass is 19.4. The molecule has 0 bridgehead atoms. The van der Waals surface area contributed by atoms with Gasteiger partial charge in [0.1, 0.15) is 18.3 Å². The minimum Gasteiger partial charge on any atom is -0.484 e. The van der Waals surface area contributed by atoms with E-state index in [1.165, 1.54) is 24.3 Å². The molecule has 0 fully saturated rings. The Morgan fingerprint density at radius 1 is 1.14 bits per heavy atom. The zero-order chi connectivity index (χ0) is 17.0. The molecule has 22 heavy (non-hydrogen) atoms. The lowest BCUT2D eigenvalue weighted by Gasteiger charge is -2.16. The molecule has 0 N–H and O–H groups in total. The van der Waals surface area contributed by atoms with Crippen molar-refractivity contribution in [2.75, 3.05) is 6.61 Å². The van der Waals surface area contributed by atoms with Gasteiger partial charge >= 0.3 is 18.3 Å². The maximum Gasteiger partial charge on any atom is 0.422 e. The molecule has 1 rings (SSSR count). The number of ether oxygens (including phenoxy) is 2. The Hall–Kier alpha value is -1.93. The lowest BCUT2D eigenvalue weighted by molar-refractivity contribution is -0.195. The summed E-state index contributed by atoms with van der Waals surface area (Å²) in [5.41, 5.74) is 0.0366. The number of hydrogen-bond donors (Lipinski definition) is 0. The molecule has 0 aromatic heterocycles. The van der Waals surface area contributed by atoms with Gasteiger partial charge in [-0.05, 0) is 13.0 Å². The van der Waals surface area contributed by atoms with E-state index in [2.05, 4.69) is 9.47 Å². The number of carbonyl (C=O) groups excluding carboxylic acids is 1. The number of carbonyl (C=O) groups is 1. The van der Waals surface area contributed by atoms with Crippen LogP contribution < -0.4 is 4.74 Å². The SMILES string of the molecule is CC(C(=O)OCc1ccccc1OCC(F)(F)F)C(F)(F)F. The molecule has 0 aliphatic rings. The summed E-state index contributed by atoms with van der Waals surface area (Å²) in [5.74, 6) is -4.05. The van der Waals surface area contributed by atoms with Crippen molar-refractivity contribution in [2.45, 2.75) is 25.9 Å². The zero-order valence-corrected chi connectivity index (χ0v) is 11.3. The molecule has 9 heteroatoms. The van der Waals surface area contributed by atoms with Gasteiger partial charge in [0.05, 0.1) is 0 Å². The molecule has 0 spiro atoms. The van der Waals surface area contributed by atoms with Gasteiger partial charge in [-0.1, -0.05) is 18.2 Å². The smallest absolute Gasteiger partial charge is 0.422 e. The van der Waals surface area contributed by atoms with Crippen molar-refractivity contribution < 1.29 is 40.6 Å². The van der Waals surface area contributed by atoms with Crippen LogP contribution >= 0.6 is 0 Å². The van der Waals surface area contributed by atoms with Crippen LogP contribution in [0.3, 0.4) is 0 Å². The molecule has 0 heterocycles. The molecular formula is C13H12F6O3. The van der Waals surface area contributed by atoms with Gasteiger partial charge in [0.15, 0.2) is 6.61 Å². The Morgan fingerprint density at radius 3 is 2.27 bits per heavy atom. The predicted molar refractivity (Wildman–Crippen MR) is 63.0 cm³/mol. The van der Waals surface area contributed by atoms with Gasteiger partial charge in [0.2, 0.25) is 0 Å². The van der Waals surface area contributed by atoms with Crippen LogP contribution in [0.1, 0.15) is 12.5 Å². The molecule has 1 atom stereocenters. The van der Waals surface area contributed by atoms with Crippen LogP contribution in [0, 0.1) is 5.92 Å². The van der Waals surface area contributed by atoms with E-state index in [4.69, 9.17) is 0 Å². The molecule has 0 amide bonds. The van der Waals surface area contributed by atoms with Gasteiger partial charge in [0, 0.05) is 5.56 Å². The standard InChI is InChI=1S/C13H12F6O3/c1-8(13(17,18)19)11(20)21-6-9-4-2-3-5-10(9)22-7-12(14,15)16/h2-5,8H,6-7H2,1H3. The average molecular weight is 330 g/mol. The van der Waals surface area contributed by atoms with Crippen LogP contribution in [0.5, 0.6) is 5.75 Å². The average Bonchev–Trinajstić information content (AvgIpc) is 2.40. The third kappa shape index (κ3) is 5.82. The van der Waals surface area contributed by atoms with Gasteiger partial charge < -0.3 is 9.47 Å². The summed E-state index contributed by atoms with van der Waals surface area (Å²) in [7, 11) is 0. The van der Waals surface area contributed by atoms with Crippen molar-refractivity contribution in [3.8, 4) is 5.75 Å². The van der Waals surface area contributed by atoms with Crippen LogP contribution in [0.25, 0.3) is 0 Å². The summed E-state index contributed by atoms with van der Waals surface area (Å²) in [6.07, 6.45) is -9.31. The minimum absolute atomic E-state index is 0.0366. The van der Waals surface area contributed by atoms with E-state index in [1.807, 2.05) is 0 Å². The first-order chi connectivity index (χ1) is 10.0. The maximum absolute atomic E-state index is 12.3. The second-order valence-corrected chi connectivity index (χ2v) is 4.38. The van der Waals surface area contributed by atoms with Crippen molar-refractivity contribution >= 4 is 5.97 Å². The Morgan fingerprint density at radius 2 is 1.73 bits per heavy atom. The van der Waals surface area contributed by atoms with Crippen LogP contribution in [-0.2, 0) is 16.1 Å². The highest BCUT2D eigenvalue weighted by Gasteiger charge is 2.42. The first-order valence-corrected chi connectivity index (χ1v) is 6.01. The minimum atomic E-state index is -4.75. The normalized spacial score (nSPS) is 13.6. The number of alkyl halides is 6. The van der Waals surface area contributed by atoms with E-state index in [0.717, 1.165) is 0 Å². The van der Waals surface area contributed by atoms with E-state index >= 15 is 0 Å². The molecule has 1 unspecified atom stereocenters. The molecule has 124 valence electrons. The van der Waals surface area contributed by atoms with Crippen molar-refractivity contribution in [3.63, 3.8) is 0 Å². The first kappa shape index (κ1) is 18.1. The lowest BCUT2D eigenvalue weighted by atomic mass is 10.2. The monoisotopic (exact) mass is 330 g/mol. The van der Waals surface area contributed by atoms with E-state index in [0.29, 0.717) is 6.92 Å². The molecule has 0 saturated carbocycles. The summed E-state index contributed by atoms with van der Waals surface area (Å²) >= 11 is 0. The van der Waals surface area contributed by atoms with Gasteiger partial charge in [-0.2, -0.15) is 26.3 Å². The lowest BCUT2D eigenvalue weighted by Crippen LogP contribution is -2.29. The second-order valence-electron chi connectivity index (χ2n) is 4.38. The van der Waals surface area contributed by atoms with Crippen molar-refractivity contribution in [2.24, 2.45) is 5.92 Å². The summed E-state index contributed by atoms with van der Waals surface area (Å²) in [4.78, 5) is 11.2. The summed E-state index contributed by atoms with van der Waals surface area (Å²) < 4.78 is 82.2. The van der Waals surface area contributed by atoms with E-state index < -0.39 is 37.5 Å². The zero-order valence-electron chi connectivity index (χ0n) is 11.3. The van der Waals surface area contributed by atoms with Crippen molar-refractivity contribution in [1.82, 2.24) is 0 Å². The van der Waals surface area contributed by atoms with Crippen LogP contribution in [-0.4, -0.2) is 24.9 Å². The topological polar surface area (TPSA) is 35.5 Å². The highest BCUT2D eigenvalue weighted by molar-refractivity contribution is 5.72. The Kier molecular flexibility index (Phi) is 5.67. The van der Waals surface area contributed by atoms with Gasteiger partial charge in [0.25, 0.3) is 0 Å². The molecule has 3 nitrogen and oxygen atoms in total. The number of esters is 1. The fraction of sp³-hybridized carbons (Fsp3) is 0.462. The summed E-state index contributed by atoms with van der Waals surface area (Å²) in [6.45, 7) is -1.54. The fourth-order valence-electron chi connectivity index (χ4n) is 1.33. The molecule has 1 aromatic rings. The van der Waals surface area contributed by atoms with E-state index in [9.17, 15) is 31.1 Å². The molecule has 1 aromatic carbocycles. The summed E-state index contributed by atoms with van der Waals surface area (Å²) in [5, 5.41) is 0. The van der Waals surface area contributed by atoms with Gasteiger partial charge in [-0.25, -0.2) is 0 Å². The molecule has 0 saturated heterocycles. The van der Waals surface area contributed by atoms with Gasteiger partial charge in [-0.3, -0.25) is 4.79 Å². The summed E-state index contributed by atoms with van der Waals surface area (Å²) in [6, 6.07) is 5.30. The third-order valence-corrected chi connectivity index (χ3v) is 2.58. The third-order valence-electron chi connectivity index (χ3n) is 2.58. The Labute approximate surface area is 121 Å². The highest BCUT2D eigenvalue weighted by Crippen LogP contribution is 2.28. The molecular weight excluding hydrogens is 318 g/mol. The predicted octanol–water partition coefficient (Wildman–Crippen LogP) is 3.87. The molecule has 0 aliphatic carbocycles. The number of halogens is 6. The quantitative estimate of drug-likeness (QED) is 0.607. The van der Waals surface area contributed by atoms with Gasteiger partial charge in [-0.15, -0.1) is 0 Å². The van der Waals surface area contributed by atoms with Crippen molar-refractivity contribution in [1.29, 1.82) is 0 Å². The van der Waals surface area contributed by atoms with E-state index in [-0.39, 0.29) is 11.3 Å². The maximum atomic E-state index is 12.3. The number of rotatable bonds is 5.